The summed E-state index contributed by atoms with van der Waals surface area (Å²) in [5.41, 5.74) is 1.77. The number of carboxylic acid groups (broad SMARTS) is 1. The van der Waals surface area contributed by atoms with Crippen molar-refractivity contribution >= 4 is 11.9 Å². The Morgan fingerprint density at radius 2 is 2.29 bits per heavy atom. The average Bonchev–Trinajstić information content (AvgIpc) is 2.16. The Hall–Kier alpha value is -1.91. The zero-order chi connectivity index (χ0) is 10.6. The van der Waals surface area contributed by atoms with E-state index in [9.17, 15) is 9.59 Å². The van der Waals surface area contributed by atoms with Gasteiger partial charge < -0.3 is 10.4 Å². The van der Waals surface area contributed by atoms with E-state index in [1.165, 1.54) is 0 Å². The molecule has 5 nitrogen and oxygen atoms in total. The first-order valence-corrected chi connectivity index (χ1v) is 4.02. The van der Waals surface area contributed by atoms with E-state index >= 15 is 0 Å². The highest BCUT2D eigenvalue weighted by Gasteiger charge is 2.10. The molecule has 0 unspecified atom stereocenters. The number of aryl methyl sites for hydroxylation is 1. The number of carbonyl (C=O) groups excluding carboxylic acids is 1. The SMILES string of the molecule is Cc1ccncc1CNC(=O)C(=O)O. The smallest absolute Gasteiger partial charge is 0.394 e. The Morgan fingerprint density at radius 1 is 1.57 bits per heavy atom. The summed E-state index contributed by atoms with van der Waals surface area (Å²) in [6, 6.07) is 1.79. The Kier molecular flexibility index (Phi) is 3.17. The number of hydrogen-bond donors (Lipinski definition) is 2. The molecule has 5 heteroatoms. The van der Waals surface area contributed by atoms with Crippen LogP contribution in [0.1, 0.15) is 11.1 Å². The molecule has 0 spiro atoms. The fourth-order valence-electron chi connectivity index (χ4n) is 0.933. The first kappa shape index (κ1) is 10.2. The lowest BCUT2D eigenvalue weighted by Crippen LogP contribution is -2.30. The minimum absolute atomic E-state index is 0.185. The molecular weight excluding hydrogens is 184 g/mol. The van der Waals surface area contributed by atoms with Crippen molar-refractivity contribution < 1.29 is 14.7 Å². The number of aliphatic carboxylic acids is 1. The average molecular weight is 194 g/mol. The normalized spacial score (nSPS) is 9.50. The second-order valence-corrected chi connectivity index (χ2v) is 2.79. The molecule has 0 saturated carbocycles. The molecule has 0 aromatic carbocycles. The fraction of sp³-hybridized carbons (Fsp3) is 0.222. The summed E-state index contributed by atoms with van der Waals surface area (Å²) in [7, 11) is 0. The van der Waals surface area contributed by atoms with Gasteiger partial charge >= 0.3 is 11.9 Å². The van der Waals surface area contributed by atoms with Crippen LogP contribution in [0.15, 0.2) is 18.5 Å². The summed E-state index contributed by atoms with van der Waals surface area (Å²) in [6.45, 7) is 2.05. The number of pyridine rings is 1. The van der Waals surface area contributed by atoms with Crippen LogP contribution < -0.4 is 5.32 Å². The van der Waals surface area contributed by atoms with Gasteiger partial charge in [0.2, 0.25) is 0 Å². The van der Waals surface area contributed by atoms with Gasteiger partial charge in [0.25, 0.3) is 0 Å². The number of aromatic nitrogens is 1. The van der Waals surface area contributed by atoms with Crippen molar-refractivity contribution in [2.45, 2.75) is 13.5 Å². The van der Waals surface area contributed by atoms with E-state index < -0.39 is 11.9 Å². The van der Waals surface area contributed by atoms with Gasteiger partial charge in [-0.05, 0) is 24.1 Å². The highest BCUT2D eigenvalue weighted by Crippen LogP contribution is 2.03. The lowest BCUT2D eigenvalue weighted by atomic mass is 10.1. The second-order valence-electron chi connectivity index (χ2n) is 2.79. The highest BCUT2D eigenvalue weighted by molar-refractivity contribution is 6.31. The van der Waals surface area contributed by atoms with Gasteiger partial charge in [-0.3, -0.25) is 9.78 Å². The van der Waals surface area contributed by atoms with Gasteiger partial charge in [0, 0.05) is 18.9 Å². The maximum Gasteiger partial charge on any atom is 0.394 e. The Balaban J connectivity index is 2.58. The predicted octanol–water partition coefficient (Wildman–Crippen LogP) is 0.0908. The van der Waals surface area contributed by atoms with E-state index in [0.29, 0.717) is 0 Å². The first-order chi connectivity index (χ1) is 6.61. The number of carbonyl (C=O) groups is 2. The van der Waals surface area contributed by atoms with Crippen LogP contribution in [0, 0.1) is 6.92 Å². The third kappa shape index (κ3) is 2.55. The van der Waals surface area contributed by atoms with Crippen LogP contribution in [-0.4, -0.2) is 22.0 Å². The van der Waals surface area contributed by atoms with Gasteiger partial charge in [-0.1, -0.05) is 0 Å². The molecule has 0 atom stereocenters. The van der Waals surface area contributed by atoms with E-state index in [-0.39, 0.29) is 6.54 Å². The molecule has 0 saturated heterocycles. The van der Waals surface area contributed by atoms with Gasteiger partial charge in [-0.25, -0.2) is 4.79 Å². The number of carboxylic acids is 1. The lowest BCUT2D eigenvalue weighted by molar-refractivity contribution is -0.150. The van der Waals surface area contributed by atoms with Crippen molar-refractivity contribution in [3.63, 3.8) is 0 Å². The molecule has 0 aliphatic rings. The van der Waals surface area contributed by atoms with Gasteiger partial charge in [-0.15, -0.1) is 0 Å². The Bertz CT molecular complexity index is 363. The molecule has 0 radical (unpaired) electrons. The molecule has 0 aliphatic heterocycles. The second kappa shape index (κ2) is 4.36. The van der Waals surface area contributed by atoms with Crippen LogP contribution in [0.5, 0.6) is 0 Å². The van der Waals surface area contributed by atoms with Crippen molar-refractivity contribution in [3.05, 3.63) is 29.6 Å². The van der Waals surface area contributed by atoms with E-state index in [4.69, 9.17) is 5.11 Å². The molecule has 0 bridgehead atoms. The summed E-state index contributed by atoms with van der Waals surface area (Å²) in [6.07, 6.45) is 3.23. The molecule has 1 rings (SSSR count). The monoisotopic (exact) mass is 194 g/mol. The third-order valence-corrected chi connectivity index (χ3v) is 1.78. The van der Waals surface area contributed by atoms with Gasteiger partial charge in [0.05, 0.1) is 0 Å². The standard InChI is InChI=1S/C9H10N2O3/c1-6-2-3-10-4-7(6)5-11-8(12)9(13)14/h2-4H,5H2,1H3,(H,11,12)(H,13,14). The minimum Gasteiger partial charge on any atom is -0.474 e. The molecule has 1 aromatic heterocycles. The topological polar surface area (TPSA) is 79.3 Å². The zero-order valence-electron chi connectivity index (χ0n) is 7.65. The van der Waals surface area contributed by atoms with Crippen molar-refractivity contribution in [3.8, 4) is 0 Å². The third-order valence-electron chi connectivity index (χ3n) is 1.78. The van der Waals surface area contributed by atoms with Gasteiger partial charge in [-0.2, -0.15) is 0 Å². The number of amides is 1. The Morgan fingerprint density at radius 3 is 2.86 bits per heavy atom. The zero-order valence-corrected chi connectivity index (χ0v) is 7.65. The van der Waals surface area contributed by atoms with E-state index in [2.05, 4.69) is 10.3 Å². The highest BCUT2D eigenvalue weighted by atomic mass is 16.4. The molecule has 0 aliphatic carbocycles. The maximum atomic E-state index is 10.7. The molecule has 2 N–H and O–H groups in total. The van der Waals surface area contributed by atoms with Gasteiger partial charge in [0.1, 0.15) is 0 Å². The van der Waals surface area contributed by atoms with Gasteiger partial charge in [0.15, 0.2) is 0 Å². The van der Waals surface area contributed by atoms with Crippen molar-refractivity contribution in [1.82, 2.24) is 10.3 Å². The van der Waals surface area contributed by atoms with Crippen LogP contribution in [0.3, 0.4) is 0 Å². The van der Waals surface area contributed by atoms with E-state index in [1.807, 2.05) is 6.92 Å². The summed E-state index contributed by atoms with van der Waals surface area (Å²) < 4.78 is 0. The maximum absolute atomic E-state index is 10.7. The summed E-state index contributed by atoms with van der Waals surface area (Å²) in [5, 5.41) is 10.6. The number of hydrogen-bond acceptors (Lipinski definition) is 3. The molecule has 1 aromatic rings. The number of nitrogens with one attached hydrogen (secondary N) is 1. The fourth-order valence-corrected chi connectivity index (χ4v) is 0.933. The van der Waals surface area contributed by atoms with Crippen molar-refractivity contribution in [1.29, 1.82) is 0 Å². The Labute approximate surface area is 80.8 Å². The predicted molar refractivity (Wildman–Crippen MR) is 48.5 cm³/mol. The van der Waals surface area contributed by atoms with E-state index in [0.717, 1.165) is 11.1 Å². The minimum atomic E-state index is -1.48. The van der Waals surface area contributed by atoms with E-state index in [1.54, 1.807) is 18.5 Å². The largest absolute Gasteiger partial charge is 0.474 e. The molecule has 0 fully saturated rings. The number of rotatable bonds is 2. The summed E-state index contributed by atoms with van der Waals surface area (Å²) in [5.74, 6) is -2.49. The molecule has 14 heavy (non-hydrogen) atoms. The number of nitrogens with zero attached hydrogens (tertiary/aromatic N) is 1. The van der Waals surface area contributed by atoms with Crippen LogP contribution >= 0.6 is 0 Å². The van der Waals surface area contributed by atoms with Crippen molar-refractivity contribution in [2.75, 3.05) is 0 Å². The summed E-state index contributed by atoms with van der Waals surface area (Å²) in [4.78, 5) is 24.7. The van der Waals surface area contributed by atoms with Crippen LogP contribution in [0.4, 0.5) is 0 Å². The quantitative estimate of drug-likeness (QED) is 0.654. The summed E-state index contributed by atoms with van der Waals surface area (Å²) >= 11 is 0. The van der Waals surface area contributed by atoms with Crippen LogP contribution in [0.2, 0.25) is 0 Å². The van der Waals surface area contributed by atoms with Crippen LogP contribution in [0.25, 0.3) is 0 Å². The van der Waals surface area contributed by atoms with Crippen LogP contribution in [-0.2, 0) is 16.1 Å². The first-order valence-electron chi connectivity index (χ1n) is 4.02. The molecular formula is C9H10N2O3. The van der Waals surface area contributed by atoms with Crippen molar-refractivity contribution in [2.24, 2.45) is 0 Å². The molecule has 1 heterocycles. The molecule has 74 valence electrons. The lowest BCUT2D eigenvalue weighted by Gasteiger charge is -2.04. The molecule has 1 amide bonds.